The Morgan fingerprint density at radius 3 is 2.56 bits per heavy atom. The molecule has 0 aliphatic heterocycles. The number of fused-ring (bicyclic) bond motifs is 5. The average Bonchev–Trinajstić information content (AvgIpc) is 2.97. The first-order valence-corrected chi connectivity index (χ1v) is 11.8. The van der Waals surface area contributed by atoms with E-state index < -0.39 is 0 Å². The van der Waals surface area contributed by atoms with Gasteiger partial charge in [-0.2, -0.15) is 0 Å². The number of hydrogen-bond acceptors (Lipinski definition) is 2. The third-order valence-electron chi connectivity index (χ3n) is 9.88. The maximum Gasteiger partial charge on any atom is 0.0577 e. The zero-order valence-electron chi connectivity index (χ0n) is 18.1. The Balaban J connectivity index is 1.53. The fourth-order valence-electron chi connectivity index (χ4n) is 8.32. The van der Waals surface area contributed by atoms with Crippen molar-refractivity contribution in [2.24, 2.45) is 40.4 Å². The van der Waals surface area contributed by atoms with Crippen LogP contribution in [0.25, 0.3) is 0 Å². The fourth-order valence-corrected chi connectivity index (χ4v) is 8.32. The Bertz CT molecular complexity index is 581. The summed E-state index contributed by atoms with van der Waals surface area (Å²) in [6.07, 6.45) is 14.4. The first kappa shape index (κ1) is 20.0. The lowest BCUT2D eigenvalue weighted by Crippen LogP contribution is -2.50. The van der Waals surface area contributed by atoms with Crippen LogP contribution in [0, 0.1) is 40.4 Å². The summed E-state index contributed by atoms with van der Waals surface area (Å²) in [7, 11) is 0. The molecule has 4 rings (SSSR count). The second-order valence-electron chi connectivity index (χ2n) is 11.3. The Hall–Kier alpha value is -0.340. The molecule has 3 fully saturated rings. The first-order valence-electron chi connectivity index (χ1n) is 11.8. The van der Waals surface area contributed by atoms with Crippen molar-refractivity contribution in [1.29, 1.82) is 0 Å². The summed E-state index contributed by atoms with van der Waals surface area (Å²) in [4.78, 5) is 0. The van der Waals surface area contributed by atoms with Gasteiger partial charge in [-0.3, -0.25) is 0 Å². The van der Waals surface area contributed by atoms with E-state index in [0.29, 0.717) is 10.8 Å². The van der Waals surface area contributed by atoms with Crippen molar-refractivity contribution in [3.63, 3.8) is 0 Å². The van der Waals surface area contributed by atoms with Crippen LogP contribution in [0.4, 0.5) is 0 Å². The molecule has 3 saturated carbocycles. The minimum atomic E-state index is -0.156. The lowest BCUT2D eigenvalue weighted by molar-refractivity contribution is -0.0577. The third-order valence-corrected chi connectivity index (χ3v) is 9.88. The Morgan fingerprint density at radius 1 is 1.04 bits per heavy atom. The molecule has 3 unspecified atom stereocenters. The Labute approximate surface area is 166 Å². The SMILES string of the molecule is CC(O)CCC(C)C1CC[C@H]2[C@@H]3CC=C4C[C@@H](O)CC[C@]4(C)[C@H]3CC[C@]12C. The van der Waals surface area contributed by atoms with Gasteiger partial charge in [0.15, 0.2) is 0 Å². The van der Waals surface area contributed by atoms with Crippen LogP contribution in [0.1, 0.15) is 91.9 Å². The summed E-state index contributed by atoms with van der Waals surface area (Å²) in [5, 5.41) is 19.9. The Morgan fingerprint density at radius 2 is 1.81 bits per heavy atom. The smallest absolute Gasteiger partial charge is 0.0577 e. The lowest BCUT2D eigenvalue weighted by atomic mass is 9.47. The van der Waals surface area contributed by atoms with Crippen molar-refractivity contribution < 1.29 is 10.2 Å². The van der Waals surface area contributed by atoms with E-state index >= 15 is 0 Å². The van der Waals surface area contributed by atoms with Gasteiger partial charge < -0.3 is 10.2 Å². The number of aliphatic hydroxyl groups is 2. The number of hydrogen-bond donors (Lipinski definition) is 2. The van der Waals surface area contributed by atoms with Crippen LogP contribution in [0.2, 0.25) is 0 Å². The molecular weight excluding hydrogens is 332 g/mol. The molecule has 0 amide bonds. The molecule has 4 aliphatic rings. The van der Waals surface area contributed by atoms with Gasteiger partial charge >= 0.3 is 0 Å². The van der Waals surface area contributed by atoms with E-state index in [2.05, 4.69) is 26.8 Å². The highest BCUT2D eigenvalue weighted by atomic mass is 16.3. The van der Waals surface area contributed by atoms with Crippen molar-refractivity contribution in [3.05, 3.63) is 11.6 Å². The van der Waals surface area contributed by atoms with Crippen LogP contribution in [0.5, 0.6) is 0 Å². The maximum absolute atomic E-state index is 10.2. The van der Waals surface area contributed by atoms with E-state index in [1.165, 1.54) is 44.9 Å². The first-order chi connectivity index (χ1) is 12.8. The van der Waals surface area contributed by atoms with Crippen molar-refractivity contribution in [2.45, 2.75) is 104 Å². The predicted octanol–water partition coefficient (Wildman–Crippen LogP) is 5.72. The van der Waals surface area contributed by atoms with Gasteiger partial charge in [0.25, 0.3) is 0 Å². The Kier molecular flexibility index (Phi) is 5.30. The topological polar surface area (TPSA) is 40.5 Å². The van der Waals surface area contributed by atoms with Gasteiger partial charge in [-0.15, -0.1) is 0 Å². The molecule has 0 aromatic carbocycles. The summed E-state index contributed by atoms with van der Waals surface area (Å²) in [6.45, 7) is 9.54. The van der Waals surface area contributed by atoms with E-state index in [4.69, 9.17) is 0 Å². The molecule has 0 heterocycles. The summed E-state index contributed by atoms with van der Waals surface area (Å²) in [6, 6.07) is 0. The highest BCUT2D eigenvalue weighted by molar-refractivity contribution is 5.25. The minimum absolute atomic E-state index is 0.0969. The molecule has 4 aliphatic carbocycles. The van der Waals surface area contributed by atoms with Gasteiger partial charge in [-0.1, -0.05) is 32.4 Å². The van der Waals surface area contributed by atoms with Crippen LogP contribution in [-0.2, 0) is 0 Å². The van der Waals surface area contributed by atoms with E-state index in [9.17, 15) is 10.2 Å². The maximum atomic E-state index is 10.2. The van der Waals surface area contributed by atoms with Crippen LogP contribution >= 0.6 is 0 Å². The number of aliphatic hydroxyl groups excluding tert-OH is 2. The van der Waals surface area contributed by atoms with Crippen LogP contribution in [0.3, 0.4) is 0 Å². The van der Waals surface area contributed by atoms with Gasteiger partial charge in [0.2, 0.25) is 0 Å². The highest BCUT2D eigenvalue weighted by Crippen LogP contribution is 2.67. The van der Waals surface area contributed by atoms with Crippen molar-refractivity contribution in [1.82, 2.24) is 0 Å². The molecular formula is C25H42O2. The molecule has 0 bridgehead atoms. The van der Waals surface area contributed by atoms with Gasteiger partial charge in [-0.25, -0.2) is 0 Å². The van der Waals surface area contributed by atoms with E-state index in [0.717, 1.165) is 48.9 Å². The highest BCUT2D eigenvalue weighted by Gasteiger charge is 2.59. The normalized spacial score (nSPS) is 48.8. The molecule has 0 radical (unpaired) electrons. The van der Waals surface area contributed by atoms with Gasteiger partial charge in [-0.05, 0) is 112 Å². The predicted molar refractivity (Wildman–Crippen MR) is 111 cm³/mol. The van der Waals surface area contributed by atoms with Crippen LogP contribution in [0.15, 0.2) is 11.6 Å². The molecule has 0 aromatic rings. The quantitative estimate of drug-likeness (QED) is 0.618. The summed E-state index contributed by atoms with van der Waals surface area (Å²) in [5.41, 5.74) is 2.46. The average molecular weight is 375 g/mol. The number of rotatable bonds is 4. The summed E-state index contributed by atoms with van der Waals surface area (Å²) >= 11 is 0. The van der Waals surface area contributed by atoms with Crippen molar-refractivity contribution in [2.75, 3.05) is 0 Å². The molecule has 2 N–H and O–H groups in total. The standard InChI is InChI=1S/C25H42O2/c1-16(5-6-17(2)26)21-9-10-22-20-8-7-18-15-19(27)11-13-24(18,3)23(20)12-14-25(21,22)4/h7,16-17,19-23,26-27H,5-6,8-15H2,1-4H3/t16?,17?,19-,20-,21?,22-,23-,24-,25+/m0/s1. The second kappa shape index (κ2) is 7.17. The number of allylic oxidation sites excluding steroid dienone is 1. The molecule has 27 heavy (non-hydrogen) atoms. The van der Waals surface area contributed by atoms with Gasteiger partial charge in [0, 0.05) is 0 Å². The van der Waals surface area contributed by atoms with Crippen LogP contribution in [-0.4, -0.2) is 22.4 Å². The molecule has 9 atom stereocenters. The summed E-state index contributed by atoms with van der Waals surface area (Å²) in [5.74, 6) is 4.17. The minimum Gasteiger partial charge on any atom is -0.393 e. The van der Waals surface area contributed by atoms with Crippen molar-refractivity contribution >= 4 is 0 Å². The zero-order valence-corrected chi connectivity index (χ0v) is 18.1. The zero-order chi connectivity index (χ0) is 19.4. The van der Waals surface area contributed by atoms with Crippen LogP contribution < -0.4 is 0 Å². The van der Waals surface area contributed by atoms with Crippen molar-refractivity contribution in [3.8, 4) is 0 Å². The van der Waals surface area contributed by atoms with E-state index in [1.807, 2.05) is 6.92 Å². The molecule has 154 valence electrons. The lowest BCUT2D eigenvalue weighted by Gasteiger charge is -2.58. The molecule has 0 spiro atoms. The van der Waals surface area contributed by atoms with Gasteiger partial charge in [0.1, 0.15) is 0 Å². The molecule has 0 saturated heterocycles. The van der Waals surface area contributed by atoms with E-state index in [-0.39, 0.29) is 12.2 Å². The molecule has 0 aromatic heterocycles. The molecule has 2 nitrogen and oxygen atoms in total. The molecule has 2 heteroatoms. The van der Waals surface area contributed by atoms with Gasteiger partial charge in [0.05, 0.1) is 12.2 Å². The summed E-state index contributed by atoms with van der Waals surface area (Å²) < 4.78 is 0. The monoisotopic (exact) mass is 374 g/mol. The second-order valence-corrected chi connectivity index (χ2v) is 11.3. The third kappa shape index (κ3) is 3.23. The fraction of sp³-hybridized carbons (Fsp3) is 0.920. The largest absolute Gasteiger partial charge is 0.393 e. The van der Waals surface area contributed by atoms with E-state index in [1.54, 1.807) is 5.57 Å².